The molecule has 2 aromatic carbocycles. The van der Waals surface area contributed by atoms with E-state index in [1.807, 2.05) is 36.4 Å². The van der Waals surface area contributed by atoms with Crippen LogP contribution in [0.2, 0.25) is 0 Å². The Balaban J connectivity index is 1.42. The zero-order valence-corrected chi connectivity index (χ0v) is 14.1. The van der Waals surface area contributed by atoms with Gasteiger partial charge in [0.1, 0.15) is 12.6 Å². The molecule has 1 amide bonds. The Morgan fingerprint density at radius 3 is 2.52 bits per heavy atom. The number of nitrogens with zero attached hydrogens (tertiary/aromatic N) is 1. The van der Waals surface area contributed by atoms with Crippen molar-refractivity contribution in [1.82, 2.24) is 0 Å². The summed E-state index contributed by atoms with van der Waals surface area (Å²) in [5.41, 5.74) is 4.55. The van der Waals surface area contributed by atoms with E-state index >= 15 is 0 Å². The molecule has 25 heavy (non-hydrogen) atoms. The Hall–Kier alpha value is -2.62. The van der Waals surface area contributed by atoms with Crippen molar-refractivity contribution in [1.29, 1.82) is 0 Å². The number of esters is 1. The summed E-state index contributed by atoms with van der Waals surface area (Å²) in [5.74, 6) is -0.334. The Bertz CT molecular complexity index is 814. The van der Waals surface area contributed by atoms with Gasteiger partial charge in [-0.3, -0.25) is 9.59 Å². The fraction of sp³-hybridized carbons (Fsp3) is 0.333. The van der Waals surface area contributed by atoms with Crippen LogP contribution in [0.5, 0.6) is 0 Å². The standard InChI is InChI=1S/C21H21NO3/c23-20-12-10-16-6-3-4-8-19(16)22(20)14-21(24)25-18-11-9-15-5-1-2-7-17(15)13-18/h1-8,18H,9-14H2. The zero-order chi connectivity index (χ0) is 17.2. The van der Waals surface area contributed by atoms with Crippen LogP contribution in [-0.4, -0.2) is 24.5 Å². The maximum atomic E-state index is 12.4. The van der Waals surface area contributed by atoms with Gasteiger partial charge in [-0.25, -0.2) is 0 Å². The summed E-state index contributed by atoms with van der Waals surface area (Å²) in [7, 11) is 0. The van der Waals surface area contributed by atoms with E-state index in [1.54, 1.807) is 4.90 Å². The SMILES string of the molecule is O=C(CN1C(=O)CCc2ccccc21)OC1CCc2ccccc2C1. The monoisotopic (exact) mass is 335 g/mol. The van der Waals surface area contributed by atoms with Gasteiger partial charge >= 0.3 is 5.97 Å². The van der Waals surface area contributed by atoms with Crippen LogP contribution in [0.15, 0.2) is 48.5 Å². The third-order valence-electron chi connectivity index (χ3n) is 5.08. The lowest BCUT2D eigenvalue weighted by Crippen LogP contribution is -2.41. The third-order valence-corrected chi connectivity index (χ3v) is 5.08. The Morgan fingerprint density at radius 2 is 1.68 bits per heavy atom. The van der Waals surface area contributed by atoms with Crippen LogP contribution in [0.1, 0.15) is 29.5 Å². The van der Waals surface area contributed by atoms with Crippen molar-refractivity contribution in [3.05, 3.63) is 65.2 Å². The summed E-state index contributed by atoms with van der Waals surface area (Å²) in [6, 6.07) is 16.1. The van der Waals surface area contributed by atoms with Crippen molar-refractivity contribution in [3.63, 3.8) is 0 Å². The molecule has 1 aliphatic carbocycles. The fourth-order valence-corrected chi connectivity index (χ4v) is 3.79. The highest BCUT2D eigenvalue weighted by Crippen LogP contribution is 2.28. The molecule has 1 unspecified atom stereocenters. The minimum atomic E-state index is -0.325. The molecule has 0 spiro atoms. The van der Waals surface area contributed by atoms with Gasteiger partial charge in [-0.15, -0.1) is 0 Å². The van der Waals surface area contributed by atoms with Crippen molar-refractivity contribution in [3.8, 4) is 0 Å². The molecular formula is C21H21NO3. The van der Waals surface area contributed by atoms with Gasteiger partial charge in [-0.1, -0.05) is 42.5 Å². The Kier molecular flexibility index (Phi) is 4.26. The quantitative estimate of drug-likeness (QED) is 0.810. The summed E-state index contributed by atoms with van der Waals surface area (Å²) in [6.45, 7) is -0.00596. The van der Waals surface area contributed by atoms with Crippen molar-refractivity contribution in [2.45, 2.75) is 38.2 Å². The van der Waals surface area contributed by atoms with E-state index in [4.69, 9.17) is 4.74 Å². The van der Waals surface area contributed by atoms with E-state index in [1.165, 1.54) is 11.1 Å². The molecule has 2 aromatic rings. The Morgan fingerprint density at radius 1 is 0.960 bits per heavy atom. The molecule has 0 saturated carbocycles. The van der Waals surface area contributed by atoms with Crippen LogP contribution in [0.3, 0.4) is 0 Å². The van der Waals surface area contributed by atoms with Gasteiger partial charge in [0.25, 0.3) is 0 Å². The van der Waals surface area contributed by atoms with Gasteiger partial charge in [0.2, 0.25) is 5.91 Å². The van der Waals surface area contributed by atoms with Crippen molar-refractivity contribution < 1.29 is 14.3 Å². The molecule has 2 aliphatic rings. The molecule has 1 atom stereocenters. The van der Waals surface area contributed by atoms with Crippen molar-refractivity contribution in [2.24, 2.45) is 0 Å². The molecule has 0 radical (unpaired) electrons. The number of benzene rings is 2. The number of aryl methyl sites for hydroxylation is 2. The van der Waals surface area contributed by atoms with Crippen molar-refractivity contribution in [2.75, 3.05) is 11.4 Å². The highest BCUT2D eigenvalue weighted by atomic mass is 16.5. The van der Waals surface area contributed by atoms with Crippen molar-refractivity contribution >= 4 is 17.6 Å². The number of amides is 1. The molecule has 128 valence electrons. The lowest BCUT2D eigenvalue weighted by Gasteiger charge is -2.30. The summed E-state index contributed by atoms with van der Waals surface area (Å²) in [4.78, 5) is 26.3. The topological polar surface area (TPSA) is 46.6 Å². The summed E-state index contributed by atoms with van der Waals surface area (Å²) in [6.07, 6.45) is 3.61. The maximum Gasteiger partial charge on any atom is 0.326 e. The highest BCUT2D eigenvalue weighted by molar-refractivity contribution is 6.00. The van der Waals surface area contributed by atoms with Crippen LogP contribution in [0.25, 0.3) is 0 Å². The van der Waals surface area contributed by atoms with E-state index in [0.717, 1.165) is 36.9 Å². The lowest BCUT2D eigenvalue weighted by molar-refractivity contribution is -0.148. The van der Waals surface area contributed by atoms with Gasteiger partial charge in [0, 0.05) is 18.5 Å². The molecule has 0 aromatic heterocycles. The number of fused-ring (bicyclic) bond motifs is 2. The molecule has 0 bridgehead atoms. The van der Waals surface area contributed by atoms with Crippen LogP contribution < -0.4 is 4.90 Å². The van der Waals surface area contributed by atoms with E-state index in [-0.39, 0.29) is 24.5 Å². The number of carbonyl (C=O) groups excluding carboxylic acids is 2. The number of hydrogen-bond donors (Lipinski definition) is 0. The zero-order valence-electron chi connectivity index (χ0n) is 14.1. The lowest BCUT2D eigenvalue weighted by atomic mass is 9.90. The first-order valence-electron chi connectivity index (χ1n) is 8.85. The summed E-state index contributed by atoms with van der Waals surface area (Å²) in [5, 5.41) is 0. The second kappa shape index (κ2) is 6.71. The molecule has 0 fully saturated rings. The number of para-hydroxylation sites is 1. The van der Waals surface area contributed by atoms with Gasteiger partial charge in [-0.2, -0.15) is 0 Å². The number of anilines is 1. The van der Waals surface area contributed by atoms with Gasteiger partial charge in [0.15, 0.2) is 0 Å². The molecule has 0 saturated heterocycles. The predicted octanol–water partition coefficient (Wildman–Crippen LogP) is 3.07. The molecule has 1 aliphatic heterocycles. The Labute approximate surface area is 147 Å². The second-order valence-electron chi connectivity index (χ2n) is 6.73. The largest absolute Gasteiger partial charge is 0.461 e. The molecule has 4 rings (SSSR count). The minimum absolute atomic E-state index is 0.00596. The first-order valence-corrected chi connectivity index (χ1v) is 8.85. The predicted molar refractivity (Wildman–Crippen MR) is 95.5 cm³/mol. The highest BCUT2D eigenvalue weighted by Gasteiger charge is 2.28. The van der Waals surface area contributed by atoms with E-state index in [9.17, 15) is 9.59 Å². The molecule has 0 N–H and O–H groups in total. The van der Waals surface area contributed by atoms with Crippen LogP contribution >= 0.6 is 0 Å². The normalized spacial score (nSPS) is 19.1. The number of hydrogen-bond acceptors (Lipinski definition) is 3. The second-order valence-corrected chi connectivity index (χ2v) is 6.73. The van der Waals surface area contributed by atoms with E-state index in [2.05, 4.69) is 12.1 Å². The maximum absolute atomic E-state index is 12.4. The summed E-state index contributed by atoms with van der Waals surface area (Å²) >= 11 is 0. The van der Waals surface area contributed by atoms with E-state index in [0.29, 0.717) is 6.42 Å². The van der Waals surface area contributed by atoms with Gasteiger partial charge in [-0.05, 0) is 42.0 Å². The first kappa shape index (κ1) is 15.9. The smallest absolute Gasteiger partial charge is 0.326 e. The third kappa shape index (κ3) is 3.29. The van der Waals surface area contributed by atoms with Crippen LogP contribution in [-0.2, 0) is 33.6 Å². The molecule has 4 heteroatoms. The summed E-state index contributed by atoms with van der Waals surface area (Å²) < 4.78 is 5.68. The van der Waals surface area contributed by atoms with E-state index < -0.39 is 0 Å². The fourth-order valence-electron chi connectivity index (χ4n) is 3.79. The minimum Gasteiger partial charge on any atom is -0.461 e. The molecular weight excluding hydrogens is 314 g/mol. The average molecular weight is 335 g/mol. The van der Waals surface area contributed by atoms with Gasteiger partial charge < -0.3 is 9.64 Å². The number of carbonyl (C=O) groups is 2. The first-order chi connectivity index (χ1) is 12.2. The number of rotatable bonds is 3. The van der Waals surface area contributed by atoms with Crippen LogP contribution in [0, 0.1) is 0 Å². The molecule has 1 heterocycles. The van der Waals surface area contributed by atoms with Crippen LogP contribution in [0.4, 0.5) is 5.69 Å². The number of ether oxygens (including phenoxy) is 1. The molecule has 4 nitrogen and oxygen atoms in total. The van der Waals surface area contributed by atoms with Gasteiger partial charge in [0.05, 0.1) is 0 Å². The average Bonchev–Trinajstić information content (AvgIpc) is 2.64.